The zero-order chi connectivity index (χ0) is 13.1. The first-order valence-electron chi connectivity index (χ1n) is 7.88. The fourth-order valence-corrected chi connectivity index (χ4v) is 3.61. The van der Waals surface area contributed by atoms with E-state index in [1.807, 2.05) is 7.05 Å². The van der Waals surface area contributed by atoms with Crippen LogP contribution in [0.1, 0.15) is 36.8 Å². The van der Waals surface area contributed by atoms with E-state index in [0.29, 0.717) is 0 Å². The van der Waals surface area contributed by atoms with Crippen molar-refractivity contribution in [2.75, 3.05) is 31.6 Å². The molecule has 0 radical (unpaired) electrons. The van der Waals surface area contributed by atoms with Crippen molar-refractivity contribution in [3.8, 4) is 0 Å². The number of benzene rings is 1. The Hall–Kier alpha value is -1.02. The predicted molar refractivity (Wildman–Crippen MR) is 81.9 cm³/mol. The van der Waals surface area contributed by atoms with Crippen molar-refractivity contribution in [1.82, 2.24) is 5.32 Å². The summed E-state index contributed by atoms with van der Waals surface area (Å²) >= 11 is 0. The summed E-state index contributed by atoms with van der Waals surface area (Å²) in [6, 6.07) is 7.11. The van der Waals surface area contributed by atoms with Crippen LogP contribution in [0.3, 0.4) is 0 Å². The Labute approximate surface area is 117 Å². The van der Waals surface area contributed by atoms with E-state index < -0.39 is 0 Å². The highest BCUT2D eigenvalue weighted by atomic mass is 15.1. The molecule has 1 N–H and O–H groups in total. The Balaban J connectivity index is 1.70. The van der Waals surface area contributed by atoms with Crippen LogP contribution < -0.4 is 10.2 Å². The molecular formula is C17H26N2. The Kier molecular flexibility index (Phi) is 4.07. The summed E-state index contributed by atoms with van der Waals surface area (Å²) in [5.41, 5.74) is 4.57. The van der Waals surface area contributed by atoms with Gasteiger partial charge in [-0.3, -0.25) is 0 Å². The zero-order valence-corrected chi connectivity index (χ0v) is 12.1. The number of hydrogen-bond donors (Lipinski definition) is 1. The molecule has 2 heteroatoms. The number of rotatable bonds is 5. The summed E-state index contributed by atoms with van der Waals surface area (Å²) in [6.07, 6.45) is 8.19. The highest BCUT2D eigenvalue weighted by Crippen LogP contribution is 2.33. The second-order valence-electron chi connectivity index (χ2n) is 6.16. The monoisotopic (exact) mass is 258 g/mol. The summed E-state index contributed by atoms with van der Waals surface area (Å²) in [5.74, 6) is 0.951. The second-order valence-corrected chi connectivity index (χ2v) is 6.16. The van der Waals surface area contributed by atoms with E-state index in [0.717, 1.165) is 18.9 Å². The highest BCUT2D eigenvalue weighted by Gasteiger charge is 2.24. The van der Waals surface area contributed by atoms with E-state index in [9.17, 15) is 0 Å². The SMILES string of the molecule is CNCCc1ccc2c(c1)N(CC1CCCC1)CC2. The van der Waals surface area contributed by atoms with E-state index in [4.69, 9.17) is 0 Å². The van der Waals surface area contributed by atoms with Crippen LogP contribution in [0.4, 0.5) is 5.69 Å². The lowest BCUT2D eigenvalue weighted by atomic mass is 10.1. The third-order valence-electron chi connectivity index (χ3n) is 4.76. The number of anilines is 1. The molecule has 0 aromatic heterocycles. The number of fused-ring (bicyclic) bond motifs is 1. The molecule has 1 heterocycles. The Morgan fingerprint density at radius 3 is 2.89 bits per heavy atom. The fraction of sp³-hybridized carbons (Fsp3) is 0.647. The van der Waals surface area contributed by atoms with E-state index in [1.54, 1.807) is 5.56 Å². The van der Waals surface area contributed by atoms with E-state index in [1.165, 1.54) is 56.4 Å². The van der Waals surface area contributed by atoms with Gasteiger partial charge in [-0.05, 0) is 62.4 Å². The van der Waals surface area contributed by atoms with Gasteiger partial charge in [-0.15, -0.1) is 0 Å². The summed E-state index contributed by atoms with van der Waals surface area (Å²) in [4.78, 5) is 2.65. The Morgan fingerprint density at radius 1 is 1.26 bits per heavy atom. The van der Waals surface area contributed by atoms with Crippen LogP contribution in [-0.2, 0) is 12.8 Å². The van der Waals surface area contributed by atoms with Crippen LogP contribution >= 0.6 is 0 Å². The first-order chi connectivity index (χ1) is 9.36. The minimum atomic E-state index is 0.951. The first-order valence-corrected chi connectivity index (χ1v) is 7.88. The predicted octanol–water partition coefficient (Wildman–Crippen LogP) is 3.00. The van der Waals surface area contributed by atoms with E-state index in [2.05, 4.69) is 28.4 Å². The molecule has 1 saturated carbocycles. The van der Waals surface area contributed by atoms with Crippen molar-refractivity contribution in [2.45, 2.75) is 38.5 Å². The third-order valence-corrected chi connectivity index (χ3v) is 4.76. The number of nitrogens with zero attached hydrogens (tertiary/aromatic N) is 1. The van der Waals surface area contributed by atoms with Gasteiger partial charge in [0.2, 0.25) is 0 Å². The molecule has 0 saturated heterocycles. The van der Waals surface area contributed by atoms with Gasteiger partial charge in [-0.2, -0.15) is 0 Å². The van der Waals surface area contributed by atoms with E-state index >= 15 is 0 Å². The normalized spacial score (nSPS) is 19.1. The summed E-state index contributed by atoms with van der Waals surface area (Å²) in [5, 5.41) is 3.24. The zero-order valence-electron chi connectivity index (χ0n) is 12.1. The van der Waals surface area contributed by atoms with Crippen LogP contribution in [-0.4, -0.2) is 26.7 Å². The molecule has 0 atom stereocenters. The molecule has 1 fully saturated rings. The minimum Gasteiger partial charge on any atom is -0.371 e. The van der Waals surface area contributed by atoms with Gasteiger partial charge in [-0.25, -0.2) is 0 Å². The molecule has 0 bridgehead atoms. The van der Waals surface area contributed by atoms with Gasteiger partial charge in [0.15, 0.2) is 0 Å². The molecule has 19 heavy (non-hydrogen) atoms. The molecule has 1 aromatic rings. The van der Waals surface area contributed by atoms with Gasteiger partial charge in [0.05, 0.1) is 0 Å². The lowest BCUT2D eigenvalue weighted by Crippen LogP contribution is -2.26. The standard InChI is InChI=1S/C17H26N2/c1-18-10-8-14-6-7-16-9-11-19(17(16)12-14)13-15-4-2-3-5-15/h6-7,12,15,18H,2-5,8-11,13H2,1H3. The maximum Gasteiger partial charge on any atom is 0.0402 e. The lowest BCUT2D eigenvalue weighted by Gasteiger charge is -2.23. The molecular weight excluding hydrogens is 232 g/mol. The maximum absolute atomic E-state index is 3.24. The summed E-state index contributed by atoms with van der Waals surface area (Å²) < 4.78 is 0. The molecule has 0 amide bonds. The van der Waals surface area contributed by atoms with Crippen molar-refractivity contribution in [3.05, 3.63) is 29.3 Å². The quantitative estimate of drug-likeness (QED) is 0.873. The molecule has 104 valence electrons. The number of hydrogen-bond acceptors (Lipinski definition) is 2. The van der Waals surface area contributed by atoms with Gasteiger partial charge in [0.1, 0.15) is 0 Å². The molecule has 1 aliphatic carbocycles. The first kappa shape index (κ1) is 13.0. The van der Waals surface area contributed by atoms with Gasteiger partial charge in [-0.1, -0.05) is 25.0 Å². The van der Waals surface area contributed by atoms with Crippen molar-refractivity contribution < 1.29 is 0 Å². The second kappa shape index (κ2) is 5.96. The number of likely N-dealkylation sites (N-methyl/N-ethyl adjacent to an activating group) is 1. The van der Waals surface area contributed by atoms with Crippen molar-refractivity contribution in [2.24, 2.45) is 5.92 Å². The number of nitrogens with one attached hydrogen (secondary N) is 1. The molecule has 1 aromatic carbocycles. The average molecular weight is 258 g/mol. The molecule has 0 spiro atoms. The molecule has 2 nitrogen and oxygen atoms in total. The molecule has 0 unspecified atom stereocenters. The third kappa shape index (κ3) is 2.94. The molecule has 2 aliphatic rings. The Bertz CT molecular complexity index is 421. The van der Waals surface area contributed by atoms with Gasteiger partial charge in [0.25, 0.3) is 0 Å². The highest BCUT2D eigenvalue weighted by molar-refractivity contribution is 5.59. The molecule has 3 rings (SSSR count). The van der Waals surface area contributed by atoms with Gasteiger partial charge >= 0.3 is 0 Å². The smallest absolute Gasteiger partial charge is 0.0402 e. The fourth-order valence-electron chi connectivity index (χ4n) is 3.61. The van der Waals surface area contributed by atoms with Crippen molar-refractivity contribution in [3.63, 3.8) is 0 Å². The van der Waals surface area contributed by atoms with Crippen molar-refractivity contribution >= 4 is 5.69 Å². The van der Waals surface area contributed by atoms with Gasteiger partial charge < -0.3 is 10.2 Å². The van der Waals surface area contributed by atoms with Crippen molar-refractivity contribution in [1.29, 1.82) is 0 Å². The molecule has 1 aliphatic heterocycles. The largest absolute Gasteiger partial charge is 0.371 e. The Morgan fingerprint density at radius 2 is 2.11 bits per heavy atom. The summed E-state index contributed by atoms with van der Waals surface area (Å²) in [7, 11) is 2.03. The van der Waals surface area contributed by atoms with Gasteiger partial charge in [0, 0.05) is 18.8 Å². The van der Waals surface area contributed by atoms with E-state index in [-0.39, 0.29) is 0 Å². The average Bonchev–Trinajstić information content (AvgIpc) is 3.07. The lowest BCUT2D eigenvalue weighted by molar-refractivity contribution is 0.538. The van der Waals surface area contributed by atoms with Crippen LogP contribution in [0, 0.1) is 5.92 Å². The van der Waals surface area contributed by atoms with Crippen LogP contribution in [0.2, 0.25) is 0 Å². The van der Waals surface area contributed by atoms with Crippen LogP contribution in [0.5, 0.6) is 0 Å². The van der Waals surface area contributed by atoms with Crippen LogP contribution in [0.15, 0.2) is 18.2 Å². The topological polar surface area (TPSA) is 15.3 Å². The van der Waals surface area contributed by atoms with Crippen LogP contribution in [0.25, 0.3) is 0 Å². The minimum absolute atomic E-state index is 0.951. The summed E-state index contributed by atoms with van der Waals surface area (Å²) in [6.45, 7) is 3.60. The maximum atomic E-state index is 3.24.